The summed E-state index contributed by atoms with van der Waals surface area (Å²) in [7, 11) is 0. The first-order chi connectivity index (χ1) is 6.11. The van der Waals surface area contributed by atoms with Gasteiger partial charge >= 0.3 is 0 Å². The van der Waals surface area contributed by atoms with Crippen molar-refractivity contribution < 1.29 is 4.74 Å². The van der Waals surface area contributed by atoms with E-state index < -0.39 is 0 Å². The number of rotatable bonds is 1. The van der Waals surface area contributed by atoms with Crippen LogP contribution >= 0.6 is 46.4 Å². The van der Waals surface area contributed by atoms with Crippen LogP contribution in [0.4, 0.5) is 0 Å². The van der Waals surface area contributed by atoms with Gasteiger partial charge < -0.3 is 4.74 Å². The van der Waals surface area contributed by atoms with Gasteiger partial charge in [-0.1, -0.05) is 46.4 Å². The van der Waals surface area contributed by atoms with Crippen molar-refractivity contribution in [3.63, 3.8) is 0 Å². The molecule has 1 aliphatic rings. The summed E-state index contributed by atoms with van der Waals surface area (Å²) < 4.78 is 5.08. The summed E-state index contributed by atoms with van der Waals surface area (Å²) in [6, 6.07) is 1.58. The topological polar surface area (TPSA) is 12.5 Å². The van der Waals surface area contributed by atoms with Crippen molar-refractivity contribution in [3.05, 3.63) is 31.7 Å². The second kappa shape index (κ2) is 3.48. The Kier molecular flexibility index (Phi) is 2.65. The molecule has 1 fully saturated rings. The van der Waals surface area contributed by atoms with E-state index in [1.807, 2.05) is 0 Å². The largest absolute Gasteiger partial charge is 0.368 e. The van der Waals surface area contributed by atoms with Gasteiger partial charge in [-0.15, -0.1) is 0 Å². The fourth-order valence-electron chi connectivity index (χ4n) is 1.09. The van der Waals surface area contributed by atoms with Crippen LogP contribution in [-0.4, -0.2) is 6.61 Å². The molecule has 1 heterocycles. The fourth-order valence-corrected chi connectivity index (χ4v) is 2.25. The zero-order valence-corrected chi connectivity index (χ0v) is 9.31. The van der Waals surface area contributed by atoms with E-state index in [9.17, 15) is 0 Å². The summed E-state index contributed by atoms with van der Waals surface area (Å²) in [6.07, 6.45) is -0.0187. The van der Waals surface area contributed by atoms with Gasteiger partial charge in [0.1, 0.15) is 6.10 Å². The third-order valence-corrected chi connectivity index (χ3v) is 3.39. The molecule has 1 unspecified atom stereocenters. The molecule has 13 heavy (non-hydrogen) atoms. The summed E-state index contributed by atoms with van der Waals surface area (Å²) in [5.74, 6) is 0. The van der Waals surface area contributed by atoms with Gasteiger partial charge in [0, 0.05) is 10.6 Å². The monoisotopic (exact) mass is 256 g/mol. The minimum absolute atomic E-state index is 0.0187. The van der Waals surface area contributed by atoms with E-state index in [4.69, 9.17) is 51.1 Å². The molecule has 0 aromatic heterocycles. The smallest absolute Gasteiger partial charge is 0.109 e. The standard InChI is InChI=1S/C8H4Cl4O/c9-3-1-4(10)7(11)8(12)6(3)5-2-13-5/h1,5H,2H2. The van der Waals surface area contributed by atoms with Crippen LogP contribution in [0.2, 0.25) is 20.1 Å². The maximum atomic E-state index is 5.96. The van der Waals surface area contributed by atoms with Gasteiger partial charge in [0.15, 0.2) is 0 Å². The van der Waals surface area contributed by atoms with Crippen molar-refractivity contribution in [2.45, 2.75) is 6.10 Å². The second-order valence-corrected chi connectivity index (χ2v) is 4.27. The van der Waals surface area contributed by atoms with Crippen molar-refractivity contribution in [1.82, 2.24) is 0 Å². The van der Waals surface area contributed by atoms with Crippen LogP contribution in [0.25, 0.3) is 0 Å². The highest BCUT2D eigenvalue weighted by Gasteiger charge is 2.31. The molecule has 0 amide bonds. The van der Waals surface area contributed by atoms with E-state index in [2.05, 4.69) is 0 Å². The molecular formula is C8H4Cl4O. The molecule has 1 atom stereocenters. The van der Waals surface area contributed by atoms with Crippen molar-refractivity contribution >= 4 is 46.4 Å². The molecule has 2 rings (SSSR count). The Hall–Kier alpha value is 0.340. The minimum atomic E-state index is -0.0187. The highest BCUT2D eigenvalue weighted by molar-refractivity contribution is 6.49. The minimum Gasteiger partial charge on any atom is -0.368 e. The number of benzene rings is 1. The molecule has 0 N–H and O–H groups in total. The first kappa shape index (κ1) is 9.88. The number of halogens is 4. The highest BCUT2D eigenvalue weighted by Crippen LogP contribution is 2.45. The van der Waals surface area contributed by atoms with Crippen molar-refractivity contribution in [2.24, 2.45) is 0 Å². The van der Waals surface area contributed by atoms with Crippen LogP contribution in [0.3, 0.4) is 0 Å². The lowest BCUT2D eigenvalue weighted by Gasteiger charge is -2.06. The normalized spacial score (nSPS) is 20.5. The quantitative estimate of drug-likeness (QED) is 0.414. The predicted molar refractivity (Wildman–Crippen MR) is 55.2 cm³/mol. The van der Waals surface area contributed by atoms with Gasteiger partial charge in [0.2, 0.25) is 0 Å². The van der Waals surface area contributed by atoms with Gasteiger partial charge in [-0.05, 0) is 6.07 Å². The number of epoxide rings is 1. The van der Waals surface area contributed by atoms with Crippen LogP contribution in [-0.2, 0) is 4.74 Å². The molecule has 1 aliphatic heterocycles. The van der Waals surface area contributed by atoms with E-state index in [1.165, 1.54) is 0 Å². The lowest BCUT2D eigenvalue weighted by Crippen LogP contribution is -1.87. The molecule has 0 spiro atoms. The average molecular weight is 258 g/mol. The van der Waals surface area contributed by atoms with E-state index in [0.29, 0.717) is 26.7 Å². The predicted octanol–water partition coefficient (Wildman–Crippen LogP) is 4.37. The number of hydrogen-bond acceptors (Lipinski definition) is 1. The fraction of sp³-hybridized carbons (Fsp3) is 0.250. The molecule has 1 aromatic carbocycles. The summed E-state index contributed by atoms with van der Waals surface area (Å²) in [5, 5.41) is 1.59. The Morgan fingerprint density at radius 3 is 2.23 bits per heavy atom. The molecule has 0 radical (unpaired) electrons. The Morgan fingerprint density at radius 1 is 1.08 bits per heavy atom. The van der Waals surface area contributed by atoms with Crippen LogP contribution < -0.4 is 0 Å². The van der Waals surface area contributed by atoms with Gasteiger partial charge in [-0.2, -0.15) is 0 Å². The summed E-state index contributed by atoms with van der Waals surface area (Å²) in [4.78, 5) is 0. The first-order valence-electron chi connectivity index (χ1n) is 3.55. The third-order valence-electron chi connectivity index (χ3n) is 1.80. The van der Waals surface area contributed by atoms with E-state index >= 15 is 0 Å². The Morgan fingerprint density at radius 2 is 1.69 bits per heavy atom. The van der Waals surface area contributed by atoms with Crippen LogP contribution in [0, 0.1) is 0 Å². The summed E-state index contributed by atoms with van der Waals surface area (Å²) in [5.41, 5.74) is 0.734. The van der Waals surface area contributed by atoms with Crippen molar-refractivity contribution in [2.75, 3.05) is 6.61 Å². The Bertz CT molecular complexity index is 360. The molecule has 0 saturated carbocycles. The highest BCUT2D eigenvalue weighted by atomic mass is 35.5. The van der Waals surface area contributed by atoms with Crippen LogP contribution in [0.1, 0.15) is 11.7 Å². The average Bonchev–Trinajstić information content (AvgIpc) is 2.84. The molecular weight excluding hydrogens is 254 g/mol. The zero-order chi connectivity index (χ0) is 9.59. The van der Waals surface area contributed by atoms with Gasteiger partial charge in [0.05, 0.1) is 21.7 Å². The molecule has 1 saturated heterocycles. The molecule has 0 aliphatic carbocycles. The molecule has 0 bridgehead atoms. The SMILES string of the molecule is Clc1cc(Cl)c(C2CO2)c(Cl)c1Cl. The van der Waals surface area contributed by atoms with Gasteiger partial charge in [-0.25, -0.2) is 0 Å². The Balaban J connectivity index is 2.60. The van der Waals surface area contributed by atoms with E-state index in [-0.39, 0.29) is 6.10 Å². The molecule has 5 heteroatoms. The van der Waals surface area contributed by atoms with Gasteiger partial charge in [0.25, 0.3) is 0 Å². The summed E-state index contributed by atoms with van der Waals surface area (Å²) >= 11 is 23.5. The number of ether oxygens (including phenoxy) is 1. The Labute approximate surface area is 95.5 Å². The molecule has 1 aromatic rings. The maximum Gasteiger partial charge on any atom is 0.109 e. The zero-order valence-electron chi connectivity index (χ0n) is 6.28. The van der Waals surface area contributed by atoms with Crippen molar-refractivity contribution in [3.8, 4) is 0 Å². The lowest BCUT2D eigenvalue weighted by molar-refractivity contribution is 0.416. The molecule has 1 nitrogen and oxygen atoms in total. The van der Waals surface area contributed by atoms with Gasteiger partial charge in [-0.3, -0.25) is 0 Å². The lowest BCUT2D eigenvalue weighted by atomic mass is 10.1. The third kappa shape index (κ3) is 1.77. The van der Waals surface area contributed by atoms with Crippen molar-refractivity contribution in [1.29, 1.82) is 0 Å². The van der Waals surface area contributed by atoms with Crippen LogP contribution in [0.5, 0.6) is 0 Å². The molecule has 70 valence electrons. The van der Waals surface area contributed by atoms with E-state index in [1.54, 1.807) is 6.07 Å². The first-order valence-corrected chi connectivity index (χ1v) is 5.07. The second-order valence-electron chi connectivity index (χ2n) is 2.70. The maximum absolute atomic E-state index is 5.96. The van der Waals surface area contributed by atoms with Crippen LogP contribution in [0.15, 0.2) is 6.07 Å². The number of hydrogen-bond donors (Lipinski definition) is 0. The van der Waals surface area contributed by atoms with E-state index in [0.717, 1.165) is 5.56 Å². The summed E-state index contributed by atoms with van der Waals surface area (Å²) in [6.45, 7) is 0.636.